The Morgan fingerprint density at radius 2 is 1.84 bits per heavy atom. The normalized spacial score (nSPS) is 15.7. The van der Waals surface area contributed by atoms with Crippen molar-refractivity contribution in [2.24, 2.45) is 0 Å². The Labute approximate surface area is 221 Å². The van der Waals surface area contributed by atoms with Gasteiger partial charge in [-0.2, -0.15) is 0 Å². The number of rotatable bonds is 5. The molecule has 0 radical (unpaired) electrons. The number of aryl methyl sites for hydroxylation is 2. The fourth-order valence-electron chi connectivity index (χ4n) is 4.91. The Hall–Kier alpha value is -4.63. The number of anilines is 1. The van der Waals surface area contributed by atoms with Gasteiger partial charge in [0, 0.05) is 5.39 Å². The molecule has 8 nitrogen and oxygen atoms in total. The average molecular weight is 527 g/mol. The van der Waals surface area contributed by atoms with Crippen LogP contribution in [0.5, 0.6) is 11.5 Å². The van der Waals surface area contributed by atoms with Crippen molar-refractivity contribution >= 4 is 49.3 Å². The van der Waals surface area contributed by atoms with E-state index in [-0.39, 0.29) is 17.1 Å². The van der Waals surface area contributed by atoms with Crippen LogP contribution in [0.2, 0.25) is 0 Å². The number of furan rings is 1. The smallest absolute Gasteiger partial charge is 0.296 e. The number of ketones is 1. The maximum Gasteiger partial charge on any atom is 0.296 e. The van der Waals surface area contributed by atoms with Crippen LogP contribution in [0.4, 0.5) is 5.13 Å². The molecule has 0 fully saturated rings. The van der Waals surface area contributed by atoms with Crippen LogP contribution in [0.15, 0.2) is 76.4 Å². The number of carbonyl (C=O) groups excluding carboxylic acids is 2. The zero-order chi connectivity index (χ0) is 26.7. The number of aliphatic hydroxyl groups is 1. The molecular formula is C29H22N2O6S. The van der Waals surface area contributed by atoms with Crippen LogP contribution in [0.3, 0.4) is 0 Å². The number of fused-ring (bicyclic) bond motifs is 2. The van der Waals surface area contributed by atoms with E-state index in [1.165, 1.54) is 35.5 Å². The third kappa shape index (κ3) is 3.62. The number of thiazole rings is 1. The number of benzene rings is 3. The van der Waals surface area contributed by atoms with Gasteiger partial charge < -0.3 is 19.4 Å². The number of hydrogen-bond acceptors (Lipinski definition) is 8. The first-order valence-corrected chi connectivity index (χ1v) is 12.6. The monoisotopic (exact) mass is 526 g/mol. The highest BCUT2D eigenvalue weighted by atomic mass is 32.1. The van der Waals surface area contributed by atoms with E-state index >= 15 is 0 Å². The summed E-state index contributed by atoms with van der Waals surface area (Å²) in [4.78, 5) is 33.5. The van der Waals surface area contributed by atoms with E-state index < -0.39 is 23.5 Å². The maximum atomic E-state index is 13.9. The maximum absolute atomic E-state index is 13.9. The summed E-state index contributed by atoms with van der Waals surface area (Å²) in [5.41, 5.74) is 3.54. The van der Waals surface area contributed by atoms with Crippen molar-refractivity contribution in [3.05, 3.63) is 94.4 Å². The number of aromatic nitrogens is 1. The molecule has 0 bridgehead atoms. The molecule has 1 atom stereocenters. The second kappa shape index (κ2) is 8.74. The first kappa shape index (κ1) is 23.7. The molecule has 3 aromatic carbocycles. The van der Waals surface area contributed by atoms with E-state index in [2.05, 4.69) is 0 Å². The third-order valence-corrected chi connectivity index (χ3v) is 7.64. The van der Waals surface area contributed by atoms with Crippen molar-refractivity contribution < 1.29 is 29.0 Å². The highest BCUT2D eigenvalue weighted by Gasteiger charge is 2.46. The minimum Gasteiger partial charge on any atom is -0.508 e. The zero-order valence-electron chi connectivity index (χ0n) is 20.7. The molecule has 1 amide bonds. The highest BCUT2D eigenvalue weighted by molar-refractivity contribution is 7.22. The van der Waals surface area contributed by atoms with Gasteiger partial charge in [-0.05, 0) is 60.9 Å². The van der Waals surface area contributed by atoms with Crippen LogP contribution in [0, 0.1) is 13.8 Å². The van der Waals surface area contributed by atoms with Gasteiger partial charge in [0.2, 0.25) is 5.78 Å². The molecule has 1 aliphatic heterocycles. The van der Waals surface area contributed by atoms with Crippen molar-refractivity contribution in [1.82, 2.24) is 4.98 Å². The third-order valence-electron chi connectivity index (χ3n) is 6.64. The van der Waals surface area contributed by atoms with Gasteiger partial charge in [0.25, 0.3) is 5.91 Å². The van der Waals surface area contributed by atoms with Crippen molar-refractivity contribution in [2.45, 2.75) is 19.9 Å². The molecule has 1 aliphatic rings. The summed E-state index contributed by atoms with van der Waals surface area (Å²) in [5.74, 6) is -1.61. The van der Waals surface area contributed by atoms with Gasteiger partial charge in [-0.15, -0.1) is 0 Å². The average Bonchev–Trinajstić information content (AvgIpc) is 3.58. The summed E-state index contributed by atoms with van der Waals surface area (Å²) in [6.07, 6.45) is 0. The Kier molecular flexibility index (Phi) is 5.46. The number of phenols is 1. The molecule has 9 heteroatoms. The fraction of sp³-hybridized carbons (Fsp3) is 0.138. The molecule has 1 unspecified atom stereocenters. The van der Waals surface area contributed by atoms with Crippen LogP contribution >= 0.6 is 11.3 Å². The number of hydrogen-bond donors (Lipinski definition) is 2. The summed E-state index contributed by atoms with van der Waals surface area (Å²) in [7, 11) is 1.50. The van der Waals surface area contributed by atoms with E-state index in [4.69, 9.17) is 14.1 Å². The molecule has 0 spiro atoms. The number of phenolic OH excluding ortho intramolecular Hbond substituents is 1. The second-order valence-electron chi connectivity index (χ2n) is 9.17. The van der Waals surface area contributed by atoms with Gasteiger partial charge in [0.05, 0.1) is 28.9 Å². The number of carbonyl (C=O) groups is 2. The highest BCUT2D eigenvalue weighted by Crippen LogP contribution is 2.45. The van der Waals surface area contributed by atoms with Crippen molar-refractivity contribution in [3.63, 3.8) is 0 Å². The number of aromatic hydroxyl groups is 1. The first-order valence-electron chi connectivity index (χ1n) is 11.8. The minimum absolute atomic E-state index is 0.0289. The molecule has 190 valence electrons. The lowest BCUT2D eigenvalue weighted by molar-refractivity contribution is -0.117. The number of amides is 1. The lowest BCUT2D eigenvalue weighted by Gasteiger charge is -2.24. The molecule has 2 aromatic heterocycles. The van der Waals surface area contributed by atoms with Gasteiger partial charge in [0.1, 0.15) is 5.75 Å². The van der Waals surface area contributed by atoms with Gasteiger partial charge in [0.15, 0.2) is 28.0 Å². The summed E-state index contributed by atoms with van der Waals surface area (Å²) >= 11 is 1.30. The van der Waals surface area contributed by atoms with Crippen LogP contribution in [-0.2, 0) is 4.79 Å². The molecule has 3 heterocycles. The quantitative estimate of drug-likeness (QED) is 0.264. The van der Waals surface area contributed by atoms with E-state index in [0.29, 0.717) is 27.4 Å². The molecule has 0 aliphatic carbocycles. The Bertz CT molecular complexity index is 1800. The molecule has 2 N–H and O–H groups in total. The summed E-state index contributed by atoms with van der Waals surface area (Å²) in [6, 6.07) is 16.0. The van der Waals surface area contributed by atoms with Crippen LogP contribution in [-0.4, -0.2) is 34.0 Å². The van der Waals surface area contributed by atoms with Gasteiger partial charge >= 0.3 is 0 Å². The standard InChI is InChI=1S/C29H22N2O6S/c1-14-11-15(2)23-21(12-14)38-29(30-23)31-24(16-7-9-18(32)10-8-16)22(26(34)28(31)35)25(33)20-13-17-5-4-6-19(36-3)27(17)37-20/h4-13,24,32,34H,1-3H3. The lowest BCUT2D eigenvalue weighted by Crippen LogP contribution is -2.30. The molecule has 6 rings (SSSR count). The number of nitrogens with zero attached hydrogens (tertiary/aromatic N) is 2. The molecular weight excluding hydrogens is 504 g/mol. The van der Waals surface area contributed by atoms with Crippen molar-refractivity contribution in [1.29, 1.82) is 0 Å². The molecule has 0 saturated heterocycles. The van der Waals surface area contributed by atoms with Crippen molar-refractivity contribution in [3.8, 4) is 11.5 Å². The van der Waals surface area contributed by atoms with Crippen LogP contribution in [0.1, 0.15) is 33.3 Å². The topological polar surface area (TPSA) is 113 Å². The van der Waals surface area contributed by atoms with Crippen molar-refractivity contribution in [2.75, 3.05) is 12.0 Å². The fourth-order valence-corrected chi connectivity index (χ4v) is 6.08. The van der Waals surface area contributed by atoms with E-state index in [1.807, 2.05) is 26.0 Å². The minimum atomic E-state index is -0.993. The van der Waals surface area contributed by atoms with Crippen LogP contribution < -0.4 is 9.64 Å². The number of methoxy groups -OCH3 is 1. The Morgan fingerprint density at radius 3 is 2.58 bits per heavy atom. The predicted octanol–water partition coefficient (Wildman–Crippen LogP) is 6.16. The second-order valence-corrected chi connectivity index (χ2v) is 10.2. The van der Waals surface area contributed by atoms with Gasteiger partial charge in [-0.25, -0.2) is 4.98 Å². The van der Waals surface area contributed by atoms with E-state index in [9.17, 15) is 19.8 Å². The number of aliphatic hydroxyl groups excluding tert-OH is 1. The SMILES string of the molecule is COc1cccc2cc(C(=O)C3=C(O)C(=O)N(c4nc5c(C)cc(C)cc5s4)C3c3ccc(O)cc3)oc12. The zero-order valence-corrected chi connectivity index (χ0v) is 21.5. The largest absolute Gasteiger partial charge is 0.508 e. The first-order chi connectivity index (χ1) is 18.3. The number of ether oxygens (including phenoxy) is 1. The number of Topliss-reactive ketones (excluding diaryl/α,β-unsaturated/α-hetero) is 1. The summed E-state index contributed by atoms with van der Waals surface area (Å²) in [6.45, 7) is 3.93. The Morgan fingerprint density at radius 1 is 1.08 bits per heavy atom. The van der Waals surface area contributed by atoms with Crippen LogP contribution in [0.25, 0.3) is 21.2 Å². The Balaban J connectivity index is 1.52. The number of para-hydroxylation sites is 1. The van der Waals surface area contributed by atoms with Gasteiger partial charge in [-0.3, -0.25) is 14.5 Å². The molecule has 5 aromatic rings. The summed E-state index contributed by atoms with van der Waals surface area (Å²) in [5, 5.41) is 22.0. The lowest BCUT2D eigenvalue weighted by atomic mass is 9.95. The molecule has 0 saturated carbocycles. The van der Waals surface area contributed by atoms with E-state index in [1.54, 1.807) is 36.4 Å². The predicted molar refractivity (Wildman–Crippen MR) is 144 cm³/mol. The van der Waals surface area contributed by atoms with Gasteiger partial charge in [-0.1, -0.05) is 41.7 Å². The van der Waals surface area contributed by atoms with E-state index in [0.717, 1.165) is 21.3 Å². The molecule has 38 heavy (non-hydrogen) atoms. The summed E-state index contributed by atoms with van der Waals surface area (Å²) < 4.78 is 12.1.